The molecule has 3 rings (SSSR count). The van der Waals surface area contributed by atoms with Crippen molar-refractivity contribution in [3.05, 3.63) is 89.5 Å². The third kappa shape index (κ3) is 8.29. The normalized spacial score (nSPS) is 8.65. The van der Waals surface area contributed by atoms with Gasteiger partial charge < -0.3 is 9.90 Å². The van der Waals surface area contributed by atoms with Gasteiger partial charge in [-0.3, -0.25) is 0 Å². The Bertz CT molecular complexity index is 732. The summed E-state index contributed by atoms with van der Waals surface area (Å²) in [6.07, 6.45) is 0. The molecule has 0 bridgehead atoms. The van der Waals surface area contributed by atoms with E-state index in [-0.39, 0.29) is 0 Å². The van der Waals surface area contributed by atoms with Gasteiger partial charge in [0.25, 0.3) is 0 Å². The van der Waals surface area contributed by atoms with E-state index in [1.807, 2.05) is 46.6 Å². The van der Waals surface area contributed by atoms with Crippen molar-refractivity contribution in [1.82, 2.24) is 0 Å². The number of hydrogen-bond donors (Lipinski definition) is 1. The first-order valence-corrected chi connectivity index (χ1v) is 8.73. The molecule has 0 radical (unpaired) electrons. The van der Waals surface area contributed by atoms with Crippen LogP contribution in [0.5, 0.6) is 5.75 Å². The van der Waals surface area contributed by atoms with E-state index in [2.05, 4.69) is 55.5 Å². The predicted octanol–water partition coefficient (Wildman–Crippen LogP) is 6.51. The van der Waals surface area contributed by atoms with Crippen molar-refractivity contribution in [2.45, 2.75) is 34.6 Å². The smallest absolute Gasteiger partial charge is 0.115 e. The highest BCUT2D eigenvalue weighted by atomic mass is 16.3. The highest BCUT2D eigenvalue weighted by Gasteiger charge is 1.94. The Balaban J connectivity index is 0.000000422. The molecule has 0 saturated carbocycles. The standard InChI is InChI=1S/C13H12.C8H10O.C2H6.CH2O/c1-11-7-9-13(10-8-11)12-5-3-2-4-6-12;1-6-3-4-8(9)5-7(6)2;2*1-2/h2-10H,1H3;3-5,9H,1-2H3;1-2H3;1H2. The summed E-state index contributed by atoms with van der Waals surface area (Å²) in [5.41, 5.74) is 6.22. The van der Waals surface area contributed by atoms with Gasteiger partial charge in [0.05, 0.1) is 0 Å². The van der Waals surface area contributed by atoms with Crippen LogP contribution >= 0.6 is 0 Å². The number of benzene rings is 3. The van der Waals surface area contributed by atoms with Crippen molar-refractivity contribution in [2.24, 2.45) is 0 Å². The summed E-state index contributed by atoms with van der Waals surface area (Å²) < 4.78 is 0. The van der Waals surface area contributed by atoms with Crippen LogP contribution in [0.2, 0.25) is 0 Å². The molecule has 0 saturated heterocycles. The number of carbonyl (C=O) groups is 1. The molecule has 138 valence electrons. The summed E-state index contributed by atoms with van der Waals surface area (Å²) in [6.45, 7) is 12.1. The second-order valence-electron chi connectivity index (χ2n) is 5.50. The minimum atomic E-state index is 0.345. The summed E-state index contributed by atoms with van der Waals surface area (Å²) in [4.78, 5) is 8.00. The van der Waals surface area contributed by atoms with E-state index in [9.17, 15) is 0 Å². The molecule has 0 aliphatic heterocycles. The zero-order valence-corrected chi connectivity index (χ0v) is 16.5. The Morgan fingerprint density at radius 3 is 1.62 bits per heavy atom. The number of phenols is 1. The second-order valence-corrected chi connectivity index (χ2v) is 5.50. The van der Waals surface area contributed by atoms with Gasteiger partial charge in [0.1, 0.15) is 12.5 Å². The van der Waals surface area contributed by atoms with Gasteiger partial charge in [-0.05, 0) is 55.2 Å². The molecule has 3 aromatic carbocycles. The van der Waals surface area contributed by atoms with E-state index >= 15 is 0 Å². The highest BCUT2D eigenvalue weighted by Crippen LogP contribution is 2.18. The molecule has 0 unspecified atom stereocenters. The van der Waals surface area contributed by atoms with Crippen LogP contribution in [-0.4, -0.2) is 11.9 Å². The van der Waals surface area contributed by atoms with Gasteiger partial charge in [0.15, 0.2) is 0 Å². The van der Waals surface area contributed by atoms with Gasteiger partial charge in [0.2, 0.25) is 0 Å². The van der Waals surface area contributed by atoms with Crippen LogP contribution in [0.4, 0.5) is 0 Å². The molecule has 0 aliphatic carbocycles. The van der Waals surface area contributed by atoms with E-state index in [1.54, 1.807) is 12.1 Å². The number of hydrogen-bond acceptors (Lipinski definition) is 2. The van der Waals surface area contributed by atoms with Gasteiger partial charge in [-0.1, -0.05) is 80.1 Å². The molecule has 0 heterocycles. The van der Waals surface area contributed by atoms with Crippen LogP contribution in [0.25, 0.3) is 11.1 Å². The predicted molar refractivity (Wildman–Crippen MR) is 113 cm³/mol. The fraction of sp³-hybridized carbons (Fsp3) is 0.208. The third-order valence-electron chi connectivity index (χ3n) is 3.65. The summed E-state index contributed by atoms with van der Waals surface area (Å²) in [6, 6.07) is 24.4. The fourth-order valence-electron chi connectivity index (χ4n) is 2.10. The van der Waals surface area contributed by atoms with Gasteiger partial charge in [-0.15, -0.1) is 0 Å². The van der Waals surface area contributed by atoms with Crippen LogP contribution in [-0.2, 0) is 4.79 Å². The Morgan fingerprint density at radius 1 is 0.654 bits per heavy atom. The lowest BCUT2D eigenvalue weighted by Gasteiger charge is -2.00. The molecule has 26 heavy (non-hydrogen) atoms. The lowest BCUT2D eigenvalue weighted by molar-refractivity contribution is -0.0979. The minimum Gasteiger partial charge on any atom is -0.508 e. The van der Waals surface area contributed by atoms with Crippen molar-refractivity contribution in [3.63, 3.8) is 0 Å². The summed E-state index contributed by atoms with van der Waals surface area (Å²) in [5, 5.41) is 8.94. The second kappa shape index (κ2) is 13.4. The van der Waals surface area contributed by atoms with Crippen LogP contribution in [0, 0.1) is 20.8 Å². The van der Waals surface area contributed by atoms with Crippen molar-refractivity contribution < 1.29 is 9.90 Å². The average molecular weight is 351 g/mol. The van der Waals surface area contributed by atoms with E-state index < -0.39 is 0 Å². The van der Waals surface area contributed by atoms with Crippen molar-refractivity contribution in [2.75, 3.05) is 0 Å². The molecule has 0 aliphatic rings. The molecule has 0 atom stereocenters. The monoisotopic (exact) mass is 350 g/mol. The van der Waals surface area contributed by atoms with E-state index in [1.165, 1.54) is 22.3 Å². The SMILES string of the molecule is C=O.CC.Cc1ccc(-c2ccccc2)cc1.Cc1ccc(O)cc1C. The molecular weight excluding hydrogens is 320 g/mol. The van der Waals surface area contributed by atoms with Crippen molar-refractivity contribution >= 4 is 6.79 Å². The van der Waals surface area contributed by atoms with Crippen molar-refractivity contribution in [3.8, 4) is 16.9 Å². The van der Waals surface area contributed by atoms with Gasteiger partial charge in [-0.25, -0.2) is 0 Å². The lowest BCUT2D eigenvalue weighted by atomic mass is 10.0. The quantitative estimate of drug-likeness (QED) is 0.543. The lowest BCUT2D eigenvalue weighted by Crippen LogP contribution is -1.76. The van der Waals surface area contributed by atoms with Gasteiger partial charge in [0, 0.05) is 0 Å². The molecular formula is C24H30O2. The Kier molecular flexibility index (Phi) is 11.9. The van der Waals surface area contributed by atoms with Crippen LogP contribution in [0.1, 0.15) is 30.5 Å². The van der Waals surface area contributed by atoms with E-state index in [0.717, 1.165) is 5.56 Å². The maximum Gasteiger partial charge on any atom is 0.115 e. The molecule has 0 fully saturated rings. The number of carbonyl (C=O) groups excluding carboxylic acids is 1. The summed E-state index contributed by atoms with van der Waals surface area (Å²) in [5.74, 6) is 0.345. The molecule has 0 aromatic heterocycles. The van der Waals surface area contributed by atoms with E-state index in [4.69, 9.17) is 9.90 Å². The molecule has 0 spiro atoms. The highest BCUT2D eigenvalue weighted by molar-refractivity contribution is 5.63. The number of rotatable bonds is 1. The largest absolute Gasteiger partial charge is 0.508 e. The first-order chi connectivity index (χ1) is 12.6. The number of phenolic OH excluding ortho intramolecular Hbond substituents is 1. The molecule has 1 N–H and O–H groups in total. The van der Waals surface area contributed by atoms with Gasteiger partial charge in [-0.2, -0.15) is 0 Å². The van der Waals surface area contributed by atoms with Gasteiger partial charge >= 0.3 is 0 Å². The maximum atomic E-state index is 8.94. The molecule has 2 heteroatoms. The number of aromatic hydroxyl groups is 1. The Hall–Kier alpha value is -2.87. The first-order valence-electron chi connectivity index (χ1n) is 8.73. The first kappa shape index (κ1) is 23.1. The van der Waals surface area contributed by atoms with Crippen LogP contribution < -0.4 is 0 Å². The fourth-order valence-corrected chi connectivity index (χ4v) is 2.10. The maximum absolute atomic E-state index is 8.94. The molecule has 3 aromatic rings. The van der Waals surface area contributed by atoms with Crippen LogP contribution in [0.15, 0.2) is 72.8 Å². The number of aryl methyl sites for hydroxylation is 3. The summed E-state index contributed by atoms with van der Waals surface area (Å²) >= 11 is 0. The third-order valence-corrected chi connectivity index (χ3v) is 3.65. The van der Waals surface area contributed by atoms with Crippen LogP contribution in [0.3, 0.4) is 0 Å². The Morgan fingerprint density at radius 2 is 1.15 bits per heavy atom. The Labute approximate surface area is 158 Å². The average Bonchev–Trinajstić information content (AvgIpc) is 2.70. The molecule has 2 nitrogen and oxygen atoms in total. The van der Waals surface area contributed by atoms with E-state index in [0.29, 0.717) is 5.75 Å². The topological polar surface area (TPSA) is 37.3 Å². The zero-order valence-electron chi connectivity index (χ0n) is 16.5. The summed E-state index contributed by atoms with van der Waals surface area (Å²) in [7, 11) is 0. The molecule has 0 amide bonds. The van der Waals surface area contributed by atoms with Crippen molar-refractivity contribution in [1.29, 1.82) is 0 Å². The minimum absolute atomic E-state index is 0.345. The zero-order chi connectivity index (χ0) is 19.9.